The number of aromatic nitrogens is 1. The molecule has 20 heavy (non-hydrogen) atoms. The summed E-state index contributed by atoms with van der Waals surface area (Å²) in [6, 6.07) is 1.06. The van der Waals surface area contributed by atoms with E-state index < -0.39 is 22.7 Å². The molecule has 5 nitrogen and oxygen atoms in total. The molecule has 0 spiro atoms. The van der Waals surface area contributed by atoms with Crippen LogP contribution >= 0.6 is 11.6 Å². The van der Waals surface area contributed by atoms with Crippen molar-refractivity contribution in [1.29, 1.82) is 0 Å². The largest absolute Gasteiger partial charge is 0.402 e. The Balaban J connectivity index is 3.17. The Labute approximate surface area is 119 Å². The second kappa shape index (κ2) is 6.15. The normalized spacial score (nSPS) is 12.8. The van der Waals surface area contributed by atoms with Gasteiger partial charge in [0.1, 0.15) is 17.3 Å². The minimum atomic E-state index is -4.62. The summed E-state index contributed by atoms with van der Waals surface area (Å²) in [5.74, 6) is 0.240. The third kappa shape index (κ3) is 3.97. The highest BCUT2D eigenvalue weighted by molar-refractivity contribution is 7.89. The molecular formula is C10H13ClF3N3O2S. The van der Waals surface area contributed by atoms with E-state index in [-0.39, 0.29) is 22.3 Å². The monoisotopic (exact) mass is 331 g/mol. The summed E-state index contributed by atoms with van der Waals surface area (Å²) < 4.78 is 61.7. The molecule has 0 atom stereocenters. The van der Waals surface area contributed by atoms with E-state index in [4.69, 9.17) is 11.6 Å². The lowest BCUT2D eigenvalue weighted by Gasteiger charge is -2.21. The molecular weight excluding hydrogens is 319 g/mol. The highest BCUT2D eigenvalue weighted by atomic mass is 35.5. The Bertz CT molecular complexity index is 578. The summed E-state index contributed by atoms with van der Waals surface area (Å²) in [5, 5.41) is 2.63. The van der Waals surface area contributed by atoms with E-state index in [9.17, 15) is 21.6 Å². The number of halogens is 4. The van der Waals surface area contributed by atoms with Gasteiger partial charge >= 0.3 is 6.18 Å². The average molecular weight is 332 g/mol. The topological polar surface area (TPSA) is 62.3 Å². The van der Waals surface area contributed by atoms with Crippen LogP contribution < -0.4 is 5.32 Å². The maximum Gasteiger partial charge on any atom is 0.402 e. The van der Waals surface area contributed by atoms with Gasteiger partial charge in [-0.05, 0) is 6.07 Å². The first-order valence-corrected chi connectivity index (χ1v) is 7.33. The molecule has 0 aromatic carbocycles. The number of anilines is 1. The Kier molecular flexibility index (Phi) is 5.22. The maximum absolute atomic E-state index is 12.4. The van der Waals surface area contributed by atoms with Gasteiger partial charge in [0.2, 0.25) is 10.0 Å². The maximum atomic E-state index is 12.4. The van der Waals surface area contributed by atoms with Crippen molar-refractivity contribution in [3.8, 4) is 0 Å². The van der Waals surface area contributed by atoms with Crippen molar-refractivity contribution in [2.45, 2.75) is 18.0 Å². The fourth-order valence-electron chi connectivity index (χ4n) is 1.46. The van der Waals surface area contributed by atoms with Gasteiger partial charge < -0.3 is 5.32 Å². The predicted octanol–water partition coefficient (Wildman–Crippen LogP) is 2.35. The van der Waals surface area contributed by atoms with Crippen LogP contribution in [-0.4, -0.2) is 44.0 Å². The SMILES string of the molecule is CCN(CC(F)(F)F)S(=O)(=O)c1cnc(NC)c(Cl)c1. The van der Waals surface area contributed by atoms with Gasteiger partial charge in [-0.25, -0.2) is 13.4 Å². The van der Waals surface area contributed by atoms with Gasteiger partial charge in [-0.1, -0.05) is 18.5 Å². The zero-order chi connectivity index (χ0) is 15.6. The van der Waals surface area contributed by atoms with Crippen LogP contribution in [0.2, 0.25) is 5.02 Å². The lowest BCUT2D eigenvalue weighted by Crippen LogP contribution is -2.38. The number of nitrogens with one attached hydrogen (secondary N) is 1. The predicted molar refractivity (Wildman–Crippen MR) is 69.3 cm³/mol. The number of pyridine rings is 1. The Hall–Kier alpha value is -1.06. The van der Waals surface area contributed by atoms with Crippen LogP contribution in [-0.2, 0) is 10.0 Å². The van der Waals surface area contributed by atoms with Crippen LogP contribution in [0.1, 0.15) is 6.92 Å². The molecule has 0 saturated heterocycles. The summed E-state index contributed by atoms with van der Waals surface area (Å²) in [5.41, 5.74) is 0. The quantitative estimate of drug-likeness (QED) is 0.899. The fraction of sp³-hybridized carbons (Fsp3) is 0.500. The summed E-state index contributed by atoms with van der Waals surface area (Å²) in [6.45, 7) is -0.551. The Morgan fingerprint density at radius 2 is 2.05 bits per heavy atom. The van der Waals surface area contributed by atoms with E-state index in [0.717, 1.165) is 12.3 Å². The smallest absolute Gasteiger partial charge is 0.372 e. The number of nitrogens with zero attached hydrogens (tertiary/aromatic N) is 2. The van der Waals surface area contributed by atoms with Gasteiger partial charge in [-0.2, -0.15) is 17.5 Å². The van der Waals surface area contributed by atoms with Crippen LogP contribution in [0.4, 0.5) is 19.0 Å². The summed E-state index contributed by atoms with van der Waals surface area (Å²) >= 11 is 5.79. The Morgan fingerprint density at radius 3 is 2.45 bits per heavy atom. The molecule has 0 radical (unpaired) electrons. The summed E-state index contributed by atoms with van der Waals surface area (Å²) in [4.78, 5) is 3.36. The third-order valence-corrected chi connectivity index (χ3v) is 4.57. The summed E-state index contributed by atoms with van der Waals surface area (Å²) in [7, 11) is -2.76. The number of sulfonamides is 1. The van der Waals surface area contributed by atoms with Crippen LogP contribution in [0.25, 0.3) is 0 Å². The molecule has 1 heterocycles. The molecule has 0 saturated carbocycles. The van der Waals surface area contributed by atoms with Gasteiger partial charge in [0.15, 0.2) is 0 Å². The minimum absolute atomic E-state index is 0.0108. The van der Waals surface area contributed by atoms with Crippen LogP contribution in [0.5, 0.6) is 0 Å². The molecule has 0 unspecified atom stereocenters. The first-order valence-electron chi connectivity index (χ1n) is 5.52. The molecule has 0 aliphatic heterocycles. The van der Waals surface area contributed by atoms with Gasteiger partial charge in [0.05, 0.1) is 5.02 Å². The van der Waals surface area contributed by atoms with Crippen molar-refractivity contribution in [2.75, 3.05) is 25.5 Å². The highest BCUT2D eigenvalue weighted by Gasteiger charge is 2.36. The molecule has 1 aromatic rings. The fourth-order valence-corrected chi connectivity index (χ4v) is 3.19. The van der Waals surface area contributed by atoms with Crippen LogP contribution in [0.15, 0.2) is 17.2 Å². The van der Waals surface area contributed by atoms with Crippen molar-refractivity contribution < 1.29 is 21.6 Å². The van der Waals surface area contributed by atoms with Crippen LogP contribution in [0.3, 0.4) is 0 Å². The van der Waals surface area contributed by atoms with E-state index in [1.54, 1.807) is 0 Å². The minimum Gasteiger partial charge on any atom is -0.372 e. The van der Waals surface area contributed by atoms with E-state index in [1.165, 1.54) is 14.0 Å². The van der Waals surface area contributed by atoms with Crippen LogP contribution in [0, 0.1) is 0 Å². The standard InChI is InChI=1S/C10H13ClF3N3O2S/c1-3-17(6-10(12,13)14)20(18,19)7-4-8(11)9(15-2)16-5-7/h4-5H,3,6H2,1-2H3,(H,15,16). The third-order valence-electron chi connectivity index (χ3n) is 2.40. The number of hydrogen-bond acceptors (Lipinski definition) is 4. The molecule has 1 rings (SSSR count). The number of hydrogen-bond donors (Lipinski definition) is 1. The van der Waals surface area contributed by atoms with Gasteiger partial charge in [-0.15, -0.1) is 0 Å². The van der Waals surface area contributed by atoms with Crippen molar-refractivity contribution in [1.82, 2.24) is 9.29 Å². The lowest BCUT2D eigenvalue weighted by molar-refractivity contribution is -0.135. The molecule has 0 amide bonds. The summed E-state index contributed by atoms with van der Waals surface area (Å²) in [6.07, 6.45) is -3.66. The molecule has 1 N–H and O–H groups in total. The first-order chi connectivity index (χ1) is 9.11. The van der Waals surface area contributed by atoms with Gasteiger partial charge in [-0.3, -0.25) is 0 Å². The van der Waals surface area contributed by atoms with E-state index in [2.05, 4.69) is 10.3 Å². The van der Waals surface area contributed by atoms with Crippen molar-refractivity contribution in [2.24, 2.45) is 0 Å². The molecule has 0 bridgehead atoms. The van der Waals surface area contributed by atoms with E-state index >= 15 is 0 Å². The highest BCUT2D eigenvalue weighted by Crippen LogP contribution is 2.26. The molecule has 0 aliphatic rings. The zero-order valence-corrected chi connectivity index (χ0v) is 12.3. The van der Waals surface area contributed by atoms with E-state index in [0.29, 0.717) is 4.31 Å². The molecule has 114 valence electrons. The number of rotatable bonds is 5. The van der Waals surface area contributed by atoms with Gasteiger partial charge in [0.25, 0.3) is 0 Å². The molecule has 0 aliphatic carbocycles. The zero-order valence-electron chi connectivity index (χ0n) is 10.7. The average Bonchev–Trinajstić information content (AvgIpc) is 2.34. The first kappa shape index (κ1) is 17.0. The Morgan fingerprint density at radius 1 is 1.45 bits per heavy atom. The van der Waals surface area contributed by atoms with Crippen molar-refractivity contribution >= 4 is 27.4 Å². The number of alkyl halides is 3. The van der Waals surface area contributed by atoms with E-state index in [1.807, 2.05) is 0 Å². The molecule has 1 aromatic heterocycles. The molecule has 0 fully saturated rings. The van der Waals surface area contributed by atoms with Gasteiger partial charge in [0, 0.05) is 19.8 Å². The molecule has 10 heteroatoms. The lowest BCUT2D eigenvalue weighted by atomic mass is 10.4. The van der Waals surface area contributed by atoms with Crippen molar-refractivity contribution in [3.63, 3.8) is 0 Å². The second-order valence-electron chi connectivity index (χ2n) is 3.80. The second-order valence-corrected chi connectivity index (χ2v) is 6.14. The van der Waals surface area contributed by atoms with Crippen molar-refractivity contribution in [3.05, 3.63) is 17.3 Å².